The molecule has 0 heterocycles. The van der Waals surface area contributed by atoms with Gasteiger partial charge in [0.25, 0.3) is 6.08 Å². The van der Waals surface area contributed by atoms with E-state index in [2.05, 4.69) is 4.74 Å². The maximum absolute atomic E-state index is 13.5. The smallest absolute Gasteiger partial charge is 0.460 e. The molecule has 0 aromatic rings. The molecule has 2 nitrogen and oxygen atoms in total. The molecule has 0 bridgehead atoms. The van der Waals surface area contributed by atoms with Crippen molar-refractivity contribution in [2.75, 3.05) is 7.11 Å². The summed E-state index contributed by atoms with van der Waals surface area (Å²) in [6.45, 7) is 0. The lowest BCUT2D eigenvalue weighted by atomic mass is 9.89. The standard InChI is InChI=1S/C12H5F17O2/c1-31-5(30)3(4(13)14)2-6(15,16)7(17,18)8(19,20)9(21,22)10(23,24)11(25,26)12(27,28)29/h2H2,1H3. The second-order valence-corrected chi connectivity index (χ2v) is 5.48. The van der Waals surface area contributed by atoms with Crippen molar-refractivity contribution in [1.29, 1.82) is 0 Å². The highest BCUT2D eigenvalue weighted by atomic mass is 19.4. The molecule has 31 heavy (non-hydrogen) atoms. The topological polar surface area (TPSA) is 26.3 Å². The molecule has 0 amide bonds. The van der Waals surface area contributed by atoms with Gasteiger partial charge in [0.15, 0.2) is 0 Å². The predicted molar refractivity (Wildman–Crippen MR) is 61.6 cm³/mol. The Morgan fingerprint density at radius 2 is 0.935 bits per heavy atom. The van der Waals surface area contributed by atoms with Gasteiger partial charge in [0.1, 0.15) is 5.57 Å². The van der Waals surface area contributed by atoms with E-state index in [4.69, 9.17) is 0 Å². The Hall–Kier alpha value is -1.98. The highest BCUT2D eigenvalue weighted by Crippen LogP contribution is 2.62. The van der Waals surface area contributed by atoms with E-state index >= 15 is 0 Å². The van der Waals surface area contributed by atoms with E-state index in [1.165, 1.54) is 0 Å². The van der Waals surface area contributed by atoms with Gasteiger partial charge >= 0.3 is 47.7 Å². The third-order valence-electron chi connectivity index (χ3n) is 3.45. The SMILES string of the molecule is COC(=O)C(CC(F)(F)C(F)(F)C(F)(F)C(F)(F)C(F)(F)C(F)(F)C(F)(F)F)=C(F)F. The zero-order valence-corrected chi connectivity index (χ0v) is 13.9. The normalized spacial score (nSPS) is 15.0. The number of carbonyl (C=O) groups excluding carboxylic acids is 1. The highest BCUT2D eigenvalue weighted by Gasteiger charge is 2.93. The monoisotopic (exact) mass is 504 g/mol. The Labute approximate surface area is 158 Å². The van der Waals surface area contributed by atoms with Crippen LogP contribution in [0.3, 0.4) is 0 Å². The second-order valence-electron chi connectivity index (χ2n) is 5.48. The van der Waals surface area contributed by atoms with E-state index in [0.29, 0.717) is 0 Å². The van der Waals surface area contributed by atoms with Crippen molar-refractivity contribution < 1.29 is 84.2 Å². The molecule has 184 valence electrons. The van der Waals surface area contributed by atoms with Gasteiger partial charge in [-0.2, -0.15) is 74.6 Å². The van der Waals surface area contributed by atoms with Crippen LogP contribution >= 0.6 is 0 Å². The molecule has 0 aliphatic heterocycles. The number of hydrogen-bond donors (Lipinski definition) is 0. The molecule has 0 N–H and O–H groups in total. The molecule has 0 fully saturated rings. The Balaban J connectivity index is 6.63. The van der Waals surface area contributed by atoms with Crippen molar-refractivity contribution in [3.63, 3.8) is 0 Å². The number of rotatable bonds is 8. The Morgan fingerprint density at radius 3 is 1.23 bits per heavy atom. The number of ether oxygens (including phenoxy) is 1. The number of methoxy groups -OCH3 is 1. The van der Waals surface area contributed by atoms with Crippen LogP contribution in [0.25, 0.3) is 0 Å². The Bertz CT molecular complexity index is 713. The Morgan fingerprint density at radius 1 is 0.613 bits per heavy atom. The van der Waals surface area contributed by atoms with Crippen molar-refractivity contribution in [2.24, 2.45) is 0 Å². The van der Waals surface area contributed by atoms with Gasteiger partial charge in [0.05, 0.1) is 13.5 Å². The lowest BCUT2D eigenvalue weighted by Gasteiger charge is -2.41. The minimum Gasteiger partial charge on any atom is -0.466 e. The van der Waals surface area contributed by atoms with Crippen molar-refractivity contribution >= 4 is 5.97 Å². The van der Waals surface area contributed by atoms with E-state index in [0.717, 1.165) is 0 Å². The maximum atomic E-state index is 13.5. The van der Waals surface area contributed by atoms with E-state index < -0.39 is 65.8 Å². The number of halogens is 17. The summed E-state index contributed by atoms with van der Waals surface area (Å²) in [6, 6.07) is 0. The van der Waals surface area contributed by atoms with Gasteiger partial charge in [-0.25, -0.2) is 4.79 Å². The largest absolute Gasteiger partial charge is 0.466 e. The molecular weight excluding hydrogens is 499 g/mol. The van der Waals surface area contributed by atoms with Crippen LogP contribution < -0.4 is 0 Å². The predicted octanol–water partition coefficient (Wildman–Crippen LogP) is 6.07. The average molecular weight is 504 g/mol. The third kappa shape index (κ3) is 4.22. The van der Waals surface area contributed by atoms with E-state index in [1.54, 1.807) is 0 Å². The first kappa shape index (κ1) is 29.0. The molecule has 0 saturated heterocycles. The number of esters is 1. The summed E-state index contributed by atoms with van der Waals surface area (Å²) in [7, 11) is 0.157. The van der Waals surface area contributed by atoms with Crippen molar-refractivity contribution in [3.8, 4) is 0 Å². The highest BCUT2D eigenvalue weighted by molar-refractivity contribution is 5.88. The van der Waals surface area contributed by atoms with E-state index in [-0.39, 0.29) is 7.11 Å². The average Bonchev–Trinajstić information content (AvgIpc) is 2.56. The molecule has 0 aliphatic carbocycles. The molecule has 0 saturated carbocycles. The lowest BCUT2D eigenvalue weighted by molar-refractivity contribution is -0.452. The van der Waals surface area contributed by atoms with Gasteiger partial charge in [-0.05, 0) is 0 Å². The van der Waals surface area contributed by atoms with Gasteiger partial charge in [0, 0.05) is 0 Å². The number of hydrogen-bond acceptors (Lipinski definition) is 2. The molecule has 0 unspecified atom stereocenters. The van der Waals surface area contributed by atoms with Crippen LogP contribution in [-0.2, 0) is 9.53 Å². The number of carbonyl (C=O) groups is 1. The molecule has 0 atom stereocenters. The summed E-state index contributed by atoms with van der Waals surface area (Å²) in [5, 5.41) is 0. The summed E-state index contributed by atoms with van der Waals surface area (Å²) in [4.78, 5) is 10.8. The van der Waals surface area contributed by atoms with E-state index in [1.807, 2.05) is 0 Å². The summed E-state index contributed by atoms with van der Waals surface area (Å²) in [5.74, 6) is -51.2. The second kappa shape index (κ2) is 7.86. The first-order valence-electron chi connectivity index (χ1n) is 6.74. The number of alkyl halides is 15. The van der Waals surface area contributed by atoms with Gasteiger partial charge in [-0.3, -0.25) is 0 Å². The third-order valence-corrected chi connectivity index (χ3v) is 3.45. The van der Waals surface area contributed by atoms with Crippen molar-refractivity contribution in [1.82, 2.24) is 0 Å². The molecule has 0 aromatic carbocycles. The zero-order chi connectivity index (χ0) is 25.6. The molecular formula is C12H5F17O2. The first-order chi connectivity index (χ1) is 13.3. The fourth-order valence-electron chi connectivity index (χ4n) is 1.67. The van der Waals surface area contributed by atoms with Gasteiger partial charge in [-0.15, -0.1) is 0 Å². The van der Waals surface area contributed by atoms with E-state index in [9.17, 15) is 79.4 Å². The fourth-order valence-corrected chi connectivity index (χ4v) is 1.67. The first-order valence-corrected chi connectivity index (χ1v) is 6.74. The lowest BCUT2D eigenvalue weighted by Crippen LogP contribution is -2.72. The minimum atomic E-state index is -8.55. The summed E-state index contributed by atoms with van der Waals surface area (Å²) < 4.78 is 222. The molecule has 0 rings (SSSR count). The van der Waals surface area contributed by atoms with Crippen LogP contribution in [0.15, 0.2) is 11.7 Å². The van der Waals surface area contributed by atoms with Crippen molar-refractivity contribution in [3.05, 3.63) is 11.7 Å². The molecule has 0 radical (unpaired) electrons. The molecule has 0 aliphatic rings. The molecule has 19 heteroatoms. The van der Waals surface area contributed by atoms with Crippen LogP contribution in [0.2, 0.25) is 0 Å². The zero-order valence-electron chi connectivity index (χ0n) is 13.9. The van der Waals surface area contributed by atoms with Crippen LogP contribution in [0.1, 0.15) is 6.42 Å². The molecule has 0 spiro atoms. The van der Waals surface area contributed by atoms with Crippen LogP contribution in [0.5, 0.6) is 0 Å². The van der Waals surface area contributed by atoms with Crippen LogP contribution in [-0.4, -0.2) is 54.8 Å². The van der Waals surface area contributed by atoms with Crippen LogP contribution in [0.4, 0.5) is 74.6 Å². The quantitative estimate of drug-likeness (QED) is 0.228. The molecule has 0 aromatic heterocycles. The van der Waals surface area contributed by atoms with Crippen molar-refractivity contribution in [2.45, 2.75) is 48.1 Å². The summed E-state index contributed by atoms with van der Waals surface area (Å²) in [6.07, 6.45) is -15.0. The maximum Gasteiger partial charge on any atom is 0.460 e. The van der Waals surface area contributed by atoms with Crippen LogP contribution in [0, 0.1) is 0 Å². The van der Waals surface area contributed by atoms with Gasteiger partial charge < -0.3 is 4.74 Å². The van der Waals surface area contributed by atoms with Gasteiger partial charge in [0.2, 0.25) is 0 Å². The summed E-state index contributed by atoms with van der Waals surface area (Å²) in [5.41, 5.74) is -2.85. The summed E-state index contributed by atoms with van der Waals surface area (Å²) >= 11 is 0. The Kier molecular flexibility index (Phi) is 7.36. The minimum absolute atomic E-state index is 0.157. The fraction of sp³-hybridized carbons (Fsp3) is 0.750. The van der Waals surface area contributed by atoms with Gasteiger partial charge in [-0.1, -0.05) is 0 Å².